The van der Waals surface area contributed by atoms with Gasteiger partial charge in [-0.3, -0.25) is 0 Å². The van der Waals surface area contributed by atoms with Crippen LogP contribution in [0, 0.1) is 0 Å². The molecule has 0 aliphatic carbocycles. The van der Waals surface area contributed by atoms with Crippen LogP contribution in [-0.2, 0) is 0 Å². The van der Waals surface area contributed by atoms with Crippen molar-refractivity contribution in [3.8, 4) is 0 Å². The molecule has 0 fully saturated rings. The van der Waals surface area contributed by atoms with Gasteiger partial charge in [0, 0.05) is 31.0 Å². The van der Waals surface area contributed by atoms with E-state index in [2.05, 4.69) is 15.6 Å². The lowest BCUT2D eigenvalue weighted by molar-refractivity contribution is 0.281. The van der Waals surface area contributed by atoms with Crippen molar-refractivity contribution in [2.24, 2.45) is 0 Å². The monoisotopic (exact) mass is 181 g/mol. The summed E-state index contributed by atoms with van der Waals surface area (Å²) in [6, 6.07) is 3.83. The van der Waals surface area contributed by atoms with Crippen molar-refractivity contribution >= 4 is 11.5 Å². The average Bonchev–Trinajstić information content (AvgIpc) is 2.18. The Labute approximate surface area is 78.0 Å². The van der Waals surface area contributed by atoms with E-state index >= 15 is 0 Å². The van der Waals surface area contributed by atoms with Crippen LogP contribution in [-0.4, -0.2) is 29.8 Å². The van der Waals surface area contributed by atoms with Crippen molar-refractivity contribution in [3.63, 3.8) is 0 Å². The Morgan fingerprint density at radius 1 is 1.62 bits per heavy atom. The minimum atomic E-state index is 0.0621. The van der Waals surface area contributed by atoms with E-state index in [1.807, 2.05) is 26.1 Å². The number of hydrogen-bond acceptors (Lipinski definition) is 4. The molecular weight excluding hydrogens is 166 g/mol. The molecule has 1 aromatic heterocycles. The highest BCUT2D eigenvalue weighted by molar-refractivity contribution is 5.51. The summed E-state index contributed by atoms with van der Waals surface area (Å²) in [5.74, 6) is 0.815. The number of pyridine rings is 1. The molecule has 0 aliphatic rings. The Morgan fingerprint density at radius 2 is 2.38 bits per heavy atom. The maximum atomic E-state index is 8.83. The normalized spacial score (nSPS) is 12.2. The second kappa shape index (κ2) is 4.67. The van der Waals surface area contributed by atoms with Gasteiger partial charge in [-0.1, -0.05) is 0 Å². The van der Waals surface area contributed by atoms with Crippen molar-refractivity contribution in [2.75, 3.05) is 24.3 Å². The minimum Gasteiger partial charge on any atom is -0.394 e. The van der Waals surface area contributed by atoms with Crippen LogP contribution in [0.2, 0.25) is 0 Å². The second-order valence-electron chi connectivity index (χ2n) is 2.91. The van der Waals surface area contributed by atoms with Gasteiger partial charge < -0.3 is 15.7 Å². The molecule has 0 radical (unpaired) electrons. The number of rotatable bonds is 4. The van der Waals surface area contributed by atoms with Gasteiger partial charge in [0.25, 0.3) is 0 Å². The highest BCUT2D eigenvalue weighted by Crippen LogP contribution is 2.11. The molecular formula is C9H15N3O. The van der Waals surface area contributed by atoms with Crippen LogP contribution < -0.4 is 10.6 Å². The quantitative estimate of drug-likeness (QED) is 0.646. The lowest BCUT2D eigenvalue weighted by atomic mass is 10.3. The third kappa shape index (κ3) is 2.91. The molecule has 1 unspecified atom stereocenters. The van der Waals surface area contributed by atoms with Gasteiger partial charge in [-0.25, -0.2) is 4.98 Å². The molecule has 4 nitrogen and oxygen atoms in total. The molecule has 3 N–H and O–H groups in total. The Kier molecular flexibility index (Phi) is 3.52. The van der Waals surface area contributed by atoms with E-state index in [9.17, 15) is 0 Å². The molecule has 13 heavy (non-hydrogen) atoms. The first-order valence-electron chi connectivity index (χ1n) is 4.27. The van der Waals surface area contributed by atoms with Crippen LogP contribution in [0.15, 0.2) is 18.3 Å². The number of anilines is 2. The van der Waals surface area contributed by atoms with E-state index in [4.69, 9.17) is 5.11 Å². The van der Waals surface area contributed by atoms with Gasteiger partial charge in [0.2, 0.25) is 0 Å². The van der Waals surface area contributed by atoms with Gasteiger partial charge in [-0.15, -0.1) is 0 Å². The fourth-order valence-corrected chi connectivity index (χ4v) is 0.987. The van der Waals surface area contributed by atoms with Crippen LogP contribution in [0.3, 0.4) is 0 Å². The first-order chi connectivity index (χ1) is 6.26. The number of nitrogens with one attached hydrogen (secondary N) is 2. The summed E-state index contributed by atoms with van der Waals surface area (Å²) in [7, 11) is 1.82. The van der Waals surface area contributed by atoms with Crippen molar-refractivity contribution in [3.05, 3.63) is 18.3 Å². The highest BCUT2D eigenvalue weighted by atomic mass is 16.3. The average molecular weight is 181 g/mol. The number of aliphatic hydroxyl groups is 1. The first kappa shape index (κ1) is 9.80. The molecule has 0 amide bonds. The van der Waals surface area contributed by atoms with Crippen LogP contribution >= 0.6 is 0 Å². The largest absolute Gasteiger partial charge is 0.394 e. The summed E-state index contributed by atoms with van der Waals surface area (Å²) in [5, 5.41) is 14.9. The summed E-state index contributed by atoms with van der Waals surface area (Å²) in [6.45, 7) is 2.04. The van der Waals surface area contributed by atoms with Gasteiger partial charge in [0.1, 0.15) is 5.82 Å². The molecule has 0 bridgehead atoms. The third-order valence-electron chi connectivity index (χ3n) is 1.70. The zero-order chi connectivity index (χ0) is 9.68. The van der Waals surface area contributed by atoms with Gasteiger partial charge in [0.05, 0.1) is 6.61 Å². The molecule has 0 aliphatic heterocycles. The smallest absolute Gasteiger partial charge is 0.127 e. The Bertz CT molecular complexity index is 265. The lowest BCUT2D eigenvalue weighted by Crippen LogP contribution is -2.19. The maximum Gasteiger partial charge on any atom is 0.127 e. The lowest BCUT2D eigenvalue weighted by Gasteiger charge is -2.12. The molecule has 1 heterocycles. The Morgan fingerprint density at radius 3 is 3.00 bits per heavy atom. The molecule has 4 heteroatoms. The van der Waals surface area contributed by atoms with E-state index in [0.717, 1.165) is 11.5 Å². The fourth-order valence-electron chi connectivity index (χ4n) is 0.987. The molecule has 0 saturated heterocycles. The maximum absolute atomic E-state index is 8.83. The molecule has 0 spiro atoms. The molecule has 72 valence electrons. The number of hydrogen-bond donors (Lipinski definition) is 3. The second-order valence-corrected chi connectivity index (χ2v) is 2.91. The predicted octanol–water partition coefficient (Wildman–Crippen LogP) is 0.916. The van der Waals surface area contributed by atoms with Crippen molar-refractivity contribution in [2.45, 2.75) is 13.0 Å². The van der Waals surface area contributed by atoms with Crippen LogP contribution in [0.25, 0.3) is 0 Å². The summed E-state index contributed by atoms with van der Waals surface area (Å²) in [6.07, 6.45) is 1.72. The Hall–Kier alpha value is -1.29. The fraction of sp³-hybridized carbons (Fsp3) is 0.444. The number of aromatic nitrogens is 1. The van der Waals surface area contributed by atoms with E-state index < -0.39 is 0 Å². The first-order valence-corrected chi connectivity index (χ1v) is 4.27. The van der Waals surface area contributed by atoms with Gasteiger partial charge >= 0.3 is 0 Å². The summed E-state index contributed by atoms with van der Waals surface area (Å²) in [5.41, 5.74) is 0.959. The summed E-state index contributed by atoms with van der Waals surface area (Å²) in [4.78, 5) is 4.08. The topological polar surface area (TPSA) is 57.2 Å². The van der Waals surface area contributed by atoms with Gasteiger partial charge in [-0.05, 0) is 13.0 Å². The molecule has 1 aromatic rings. The van der Waals surface area contributed by atoms with Crippen molar-refractivity contribution in [1.29, 1.82) is 0 Å². The highest BCUT2D eigenvalue weighted by Gasteiger charge is 1.99. The Balaban J connectivity index is 2.66. The molecule has 1 atom stereocenters. The minimum absolute atomic E-state index is 0.0621. The SMILES string of the molecule is CNc1cc(NC(C)CO)ccn1. The number of nitrogens with zero attached hydrogens (tertiary/aromatic N) is 1. The van der Waals surface area contributed by atoms with Crippen LogP contribution in [0.1, 0.15) is 6.92 Å². The van der Waals surface area contributed by atoms with Crippen LogP contribution in [0.4, 0.5) is 11.5 Å². The van der Waals surface area contributed by atoms with Crippen molar-refractivity contribution < 1.29 is 5.11 Å². The molecule has 0 aromatic carbocycles. The van der Waals surface area contributed by atoms with Crippen molar-refractivity contribution in [1.82, 2.24) is 4.98 Å². The summed E-state index contributed by atoms with van der Waals surface area (Å²) < 4.78 is 0. The van der Waals surface area contributed by atoms with E-state index in [-0.39, 0.29) is 12.6 Å². The molecule has 0 saturated carbocycles. The van der Waals surface area contributed by atoms with Gasteiger partial charge in [-0.2, -0.15) is 0 Å². The van der Waals surface area contributed by atoms with E-state index in [1.54, 1.807) is 6.20 Å². The van der Waals surface area contributed by atoms with E-state index in [1.165, 1.54) is 0 Å². The van der Waals surface area contributed by atoms with Crippen LogP contribution in [0.5, 0.6) is 0 Å². The predicted molar refractivity (Wildman–Crippen MR) is 54.0 cm³/mol. The standard InChI is InChI=1S/C9H15N3O/c1-7(6-13)12-8-3-4-11-9(5-8)10-2/h3-5,7,13H,6H2,1-2H3,(H2,10,11,12). The molecule has 1 rings (SSSR count). The number of aliphatic hydroxyl groups excluding tert-OH is 1. The third-order valence-corrected chi connectivity index (χ3v) is 1.70. The van der Waals surface area contributed by atoms with E-state index in [0.29, 0.717) is 0 Å². The zero-order valence-corrected chi connectivity index (χ0v) is 7.91. The van der Waals surface area contributed by atoms with Gasteiger partial charge in [0.15, 0.2) is 0 Å². The summed E-state index contributed by atoms with van der Waals surface area (Å²) >= 11 is 0. The zero-order valence-electron chi connectivity index (χ0n) is 7.91.